The number of hydrogen-bond donors (Lipinski definition) is 1. The molecule has 3 rings (SSSR count). The number of hydrogen-bond acceptors (Lipinski definition) is 2. The van der Waals surface area contributed by atoms with Gasteiger partial charge in [0.1, 0.15) is 5.82 Å². The molecule has 0 aliphatic carbocycles. The van der Waals surface area contributed by atoms with E-state index in [1.54, 1.807) is 34.9 Å². The lowest BCUT2D eigenvalue weighted by atomic mass is 10.2. The number of rotatable bonds is 3. The number of carboxylic acid groups (broad SMARTS) is 1. The minimum Gasteiger partial charge on any atom is -0.476 e. The first-order valence-corrected chi connectivity index (χ1v) is 8.05. The molecule has 7 heteroatoms. The standard InChI is InChI=1S/C16H9BrCl2N2O2/c17-9-5-6-14(12(19)7-9)21-8-13(16(22)23)20-15(21)10-3-1-2-4-11(10)18/h1-8H,(H,22,23). The van der Waals surface area contributed by atoms with Crippen molar-refractivity contribution in [2.45, 2.75) is 0 Å². The molecule has 2 aromatic carbocycles. The number of aromatic carboxylic acids is 1. The Labute approximate surface area is 150 Å². The van der Waals surface area contributed by atoms with E-state index in [1.165, 1.54) is 6.20 Å². The molecule has 0 saturated carbocycles. The number of carbonyl (C=O) groups is 1. The topological polar surface area (TPSA) is 55.1 Å². The molecule has 0 spiro atoms. The summed E-state index contributed by atoms with van der Waals surface area (Å²) in [5.74, 6) is -0.706. The van der Waals surface area contributed by atoms with Gasteiger partial charge in [0.25, 0.3) is 0 Å². The van der Waals surface area contributed by atoms with Crippen molar-refractivity contribution in [1.82, 2.24) is 9.55 Å². The molecular weight excluding hydrogens is 403 g/mol. The van der Waals surface area contributed by atoms with Crippen LogP contribution in [0.1, 0.15) is 10.5 Å². The molecule has 116 valence electrons. The first-order valence-electron chi connectivity index (χ1n) is 6.50. The van der Waals surface area contributed by atoms with Gasteiger partial charge in [0.05, 0.1) is 15.7 Å². The van der Waals surface area contributed by atoms with E-state index in [4.69, 9.17) is 23.2 Å². The molecule has 0 fully saturated rings. The van der Waals surface area contributed by atoms with Crippen LogP contribution in [0.15, 0.2) is 53.1 Å². The second kappa shape index (κ2) is 6.35. The van der Waals surface area contributed by atoms with Crippen LogP contribution in [-0.4, -0.2) is 20.6 Å². The van der Waals surface area contributed by atoms with Crippen molar-refractivity contribution in [3.8, 4) is 17.1 Å². The van der Waals surface area contributed by atoms with Gasteiger partial charge in [0.15, 0.2) is 5.69 Å². The van der Waals surface area contributed by atoms with E-state index in [0.29, 0.717) is 27.1 Å². The van der Waals surface area contributed by atoms with Gasteiger partial charge in [0, 0.05) is 16.2 Å². The molecule has 0 aliphatic rings. The molecule has 0 atom stereocenters. The molecule has 0 radical (unpaired) electrons. The molecule has 0 unspecified atom stereocenters. The Balaban J connectivity index is 2.28. The first-order chi connectivity index (χ1) is 11.0. The summed E-state index contributed by atoms with van der Waals surface area (Å²) in [6.45, 7) is 0. The van der Waals surface area contributed by atoms with E-state index >= 15 is 0 Å². The van der Waals surface area contributed by atoms with Crippen LogP contribution in [0, 0.1) is 0 Å². The zero-order chi connectivity index (χ0) is 16.6. The quantitative estimate of drug-likeness (QED) is 0.635. The Morgan fingerprint density at radius 3 is 2.52 bits per heavy atom. The molecule has 0 bridgehead atoms. The second-order valence-electron chi connectivity index (χ2n) is 4.70. The zero-order valence-corrected chi connectivity index (χ0v) is 14.6. The number of aromatic nitrogens is 2. The predicted octanol–water partition coefficient (Wildman–Crippen LogP) is 5.31. The fourth-order valence-electron chi connectivity index (χ4n) is 2.18. The average Bonchev–Trinajstić information content (AvgIpc) is 2.92. The van der Waals surface area contributed by atoms with Gasteiger partial charge >= 0.3 is 5.97 Å². The fourth-order valence-corrected chi connectivity index (χ4v) is 3.16. The number of carboxylic acids is 1. The predicted molar refractivity (Wildman–Crippen MR) is 93.7 cm³/mol. The van der Waals surface area contributed by atoms with Gasteiger partial charge in [-0.05, 0) is 30.3 Å². The highest BCUT2D eigenvalue weighted by Crippen LogP contribution is 2.32. The molecule has 4 nitrogen and oxygen atoms in total. The average molecular weight is 412 g/mol. The lowest BCUT2D eigenvalue weighted by molar-refractivity contribution is 0.0691. The summed E-state index contributed by atoms with van der Waals surface area (Å²) in [7, 11) is 0. The van der Waals surface area contributed by atoms with Crippen LogP contribution < -0.4 is 0 Å². The van der Waals surface area contributed by atoms with Crippen molar-refractivity contribution in [2.75, 3.05) is 0 Å². The molecule has 0 amide bonds. The van der Waals surface area contributed by atoms with Gasteiger partial charge < -0.3 is 5.11 Å². The lowest BCUT2D eigenvalue weighted by Crippen LogP contribution is -1.97. The number of halogens is 3. The maximum atomic E-state index is 11.3. The number of nitrogens with zero attached hydrogens (tertiary/aromatic N) is 2. The van der Waals surface area contributed by atoms with Crippen molar-refractivity contribution in [1.29, 1.82) is 0 Å². The summed E-state index contributed by atoms with van der Waals surface area (Å²) in [6, 6.07) is 12.4. The van der Waals surface area contributed by atoms with Crippen molar-refractivity contribution in [2.24, 2.45) is 0 Å². The van der Waals surface area contributed by atoms with Crippen LogP contribution in [-0.2, 0) is 0 Å². The summed E-state index contributed by atoms with van der Waals surface area (Å²) in [6.07, 6.45) is 1.43. The maximum Gasteiger partial charge on any atom is 0.356 e. The molecular formula is C16H9BrCl2N2O2. The van der Waals surface area contributed by atoms with E-state index in [2.05, 4.69) is 20.9 Å². The minimum absolute atomic E-state index is 0.0843. The van der Waals surface area contributed by atoms with E-state index in [9.17, 15) is 9.90 Å². The van der Waals surface area contributed by atoms with Crippen LogP contribution in [0.4, 0.5) is 0 Å². The molecule has 0 aliphatic heterocycles. The highest BCUT2D eigenvalue weighted by atomic mass is 79.9. The largest absolute Gasteiger partial charge is 0.476 e. The Hall–Kier alpha value is -1.82. The third kappa shape index (κ3) is 3.13. The maximum absolute atomic E-state index is 11.3. The molecule has 1 N–H and O–H groups in total. The Morgan fingerprint density at radius 1 is 1.13 bits per heavy atom. The second-order valence-corrected chi connectivity index (χ2v) is 6.43. The van der Waals surface area contributed by atoms with Crippen LogP contribution in [0.2, 0.25) is 10.0 Å². The molecule has 23 heavy (non-hydrogen) atoms. The van der Waals surface area contributed by atoms with Gasteiger partial charge in [-0.1, -0.05) is 51.3 Å². The van der Waals surface area contributed by atoms with Crippen LogP contribution in [0.25, 0.3) is 17.1 Å². The smallest absolute Gasteiger partial charge is 0.356 e. The summed E-state index contributed by atoms with van der Waals surface area (Å²) >= 11 is 15.9. The number of benzene rings is 2. The van der Waals surface area contributed by atoms with Gasteiger partial charge in [0.2, 0.25) is 0 Å². The summed E-state index contributed by atoms with van der Waals surface area (Å²) in [5, 5.41) is 10.2. The van der Waals surface area contributed by atoms with Crippen molar-refractivity contribution < 1.29 is 9.90 Å². The SMILES string of the molecule is O=C(O)c1cn(-c2ccc(Br)cc2Cl)c(-c2ccccc2Cl)n1. The Kier molecular flexibility index (Phi) is 4.43. The minimum atomic E-state index is -1.12. The van der Waals surface area contributed by atoms with E-state index in [-0.39, 0.29) is 5.69 Å². The molecule has 1 aromatic heterocycles. The van der Waals surface area contributed by atoms with Crippen LogP contribution >= 0.6 is 39.1 Å². The third-order valence-corrected chi connectivity index (χ3v) is 4.33. The van der Waals surface area contributed by atoms with Gasteiger partial charge in [-0.2, -0.15) is 0 Å². The normalized spacial score (nSPS) is 10.7. The van der Waals surface area contributed by atoms with E-state index in [1.807, 2.05) is 12.1 Å². The van der Waals surface area contributed by atoms with Gasteiger partial charge in [-0.15, -0.1) is 0 Å². The molecule has 1 heterocycles. The van der Waals surface area contributed by atoms with Gasteiger partial charge in [-0.25, -0.2) is 9.78 Å². The zero-order valence-electron chi connectivity index (χ0n) is 11.5. The van der Waals surface area contributed by atoms with Crippen molar-refractivity contribution in [3.05, 3.63) is 68.9 Å². The Morgan fingerprint density at radius 2 is 1.87 bits per heavy atom. The number of imidazole rings is 1. The molecule has 0 saturated heterocycles. The highest BCUT2D eigenvalue weighted by molar-refractivity contribution is 9.10. The van der Waals surface area contributed by atoms with Crippen molar-refractivity contribution >= 4 is 45.1 Å². The fraction of sp³-hybridized carbons (Fsp3) is 0. The van der Waals surface area contributed by atoms with E-state index < -0.39 is 5.97 Å². The van der Waals surface area contributed by atoms with Crippen molar-refractivity contribution in [3.63, 3.8) is 0 Å². The monoisotopic (exact) mass is 410 g/mol. The summed E-state index contributed by atoms with van der Waals surface area (Å²) < 4.78 is 2.45. The summed E-state index contributed by atoms with van der Waals surface area (Å²) in [4.78, 5) is 15.5. The summed E-state index contributed by atoms with van der Waals surface area (Å²) in [5.41, 5.74) is 1.16. The highest BCUT2D eigenvalue weighted by Gasteiger charge is 2.19. The molecule has 3 aromatic rings. The van der Waals surface area contributed by atoms with E-state index in [0.717, 1.165) is 4.47 Å². The van der Waals surface area contributed by atoms with Gasteiger partial charge in [-0.3, -0.25) is 4.57 Å². The van der Waals surface area contributed by atoms with Crippen LogP contribution in [0.5, 0.6) is 0 Å². The lowest BCUT2D eigenvalue weighted by Gasteiger charge is -2.11. The Bertz CT molecular complexity index is 909. The first kappa shape index (κ1) is 16.1. The third-order valence-electron chi connectivity index (χ3n) is 3.21. The van der Waals surface area contributed by atoms with Crippen LogP contribution in [0.3, 0.4) is 0 Å².